The van der Waals surface area contributed by atoms with Crippen molar-refractivity contribution in [3.8, 4) is 17.8 Å². The summed E-state index contributed by atoms with van der Waals surface area (Å²) in [7, 11) is 0. The van der Waals surface area contributed by atoms with Gasteiger partial charge in [0.15, 0.2) is 5.65 Å². The number of imidazole rings is 1. The van der Waals surface area contributed by atoms with Crippen LogP contribution in [0.15, 0.2) is 67.1 Å². The number of nitrogens with zero attached hydrogens (tertiary/aromatic N) is 6. The van der Waals surface area contributed by atoms with E-state index >= 15 is 0 Å². The van der Waals surface area contributed by atoms with Crippen LogP contribution in [0.25, 0.3) is 33.7 Å². The van der Waals surface area contributed by atoms with E-state index in [0.717, 1.165) is 38.8 Å². The van der Waals surface area contributed by atoms with E-state index in [1.54, 1.807) is 24.7 Å². The Morgan fingerprint density at radius 1 is 0.941 bits per heavy atom. The smallest absolute Gasteiger partial charge is 0.229 e. The Hall–Kier alpha value is -5.01. The molecular formula is C27H19N7. The largest absolute Gasteiger partial charge is 0.324 e. The molecule has 0 saturated heterocycles. The average molecular weight is 441 g/mol. The lowest BCUT2D eigenvalue weighted by Gasteiger charge is -2.13. The third kappa shape index (κ3) is 3.83. The maximum atomic E-state index is 9.10. The summed E-state index contributed by atoms with van der Waals surface area (Å²) in [5, 5.41) is 23.2. The summed E-state index contributed by atoms with van der Waals surface area (Å²) in [6.07, 6.45) is 6.73. The highest BCUT2D eigenvalue weighted by atomic mass is 15.2. The topological polar surface area (TPSA) is 103 Å². The van der Waals surface area contributed by atoms with Gasteiger partial charge in [-0.15, -0.1) is 0 Å². The summed E-state index contributed by atoms with van der Waals surface area (Å²) < 4.78 is 1.97. The predicted molar refractivity (Wildman–Crippen MR) is 133 cm³/mol. The van der Waals surface area contributed by atoms with Crippen LogP contribution in [-0.2, 0) is 0 Å². The van der Waals surface area contributed by atoms with Crippen LogP contribution >= 0.6 is 0 Å². The quantitative estimate of drug-likeness (QED) is 0.357. The van der Waals surface area contributed by atoms with E-state index in [-0.39, 0.29) is 0 Å². The standard InChI is InChI=1S/C27H19N7/c1-17-10-19(4-3-9-28)11-18(2)25(17)34-16-31-24-15-30-27(33-26(24)34)32-23-8-7-21-12-20(14-29)5-6-22(21)13-23/h3-8,10-13,15-16H,1-2H3,(H,30,32,33)/b4-3+. The summed E-state index contributed by atoms with van der Waals surface area (Å²) in [6.45, 7) is 4.07. The molecule has 2 heterocycles. The van der Waals surface area contributed by atoms with Crippen LogP contribution < -0.4 is 5.32 Å². The van der Waals surface area contributed by atoms with E-state index in [2.05, 4.69) is 21.4 Å². The fraction of sp³-hybridized carbons (Fsp3) is 0.0741. The zero-order valence-electron chi connectivity index (χ0n) is 18.6. The van der Waals surface area contributed by atoms with Gasteiger partial charge in [-0.25, -0.2) is 9.97 Å². The Labute approximate surface area is 196 Å². The van der Waals surface area contributed by atoms with Gasteiger partial charge >= 0.3 is 0 Å². The van der Waals surface area contributed by atoms with Crippen LogP contribution in [0.4, 0.5) is 11.6 Å². The molecular weight excluding hydrogens is 422 g/mol. The SMILES string of the molecule is Cc1cc(/C=C/C#N)cc(C)c1-n1cnc2cnc(Nc3ccc4cc(C#N)ccc4c3)nc21. The zero-order chi connectivity index (χ0) is 23.7. The van der Waals surface area contributed by atoms with Crippen LogP contribution in [0.2, 0.25) is 0 Å². The van der Waals surface area contributed by atoms with E-state index < -0.39 is 0 Å². The van der Waals surface area contributed by atoms with Crippen LogP contribution in [0.1, 0.15) is 22.3 Å². The van der Waals surface area contributed by atoms with Crippen molar-refractivity contribution >= 4 is 39.6 Å². The third-order valence-electron chi connectivity index (χ3n) is 5.62. The van der Waals surface area contributed by atoms with Gasteiger partial charge in [-0.2, -0.15) is 15.5 Å². The Kier molecular flexibility index (Phi) is 5.21. The van der Waals surface area contributed by atoms with E-state index in [1.165, 1.54) is 6.08 Å². The van der Waals surface area contributed by atoms with Gasteiger partial charge in [-0.3, -0.25) is 4.57 Å². The number of benzene rings is 3. The van der Waals surface area contributed by atoms with Gasteiger partial charge in [0.05, 0.1) is 29.6 Å². The van der Waals surface area contributed by atoms with Gasteiger partial charge < -0.3 is 5.32 Å². The summed E-state index contributed by atoms with van der Waals surface area (Å²) in [5.74, 6) is 0.464. The maximum absolute atomic E-state index is 9.10. The molecule has 5 aromatic rings. The number of aryl methyl sites for hydroxylation is 2. The second-order valence-corrected chi connectivity index (χ2v) is 8.00. The number of nitriles is 2. The first-order chi connectivity index (χ1) is 16.6. The van der Waals surface area contributed by atoms with Crippen LogP contribution in [0.5, 0.6) is 0 Å². The fourth-order valence-corrected chi connectivity index (χ4v) is 4.15. The van der Waals surface area contributed by atoms with Gasteiger partial charge in [0.25, 0.3) is 0 Å². The van der Waals surface area contributed by atoms with Gasteiger partial charge in [0.2, 0.25) is 5.95 Å². The number of hydrogen-bond acceptors (Lipinski definition) is 6. The fourth-order valence-electron chi connectivity index (χ4n) is 4.15. The zero-order valence-corrected chi connectivity index (χ0v) is 18.6. The van der Waals surface area contributed by atoms with Gasteiger partial charge in [-0.05, 0) is 83.8 Å². The van der Waals surface area contributed by atoms with Crippen LogP contribution in [-0.4, -0.2) is 19.5 Å². The molecule has 162 valence electrons. The van der Waals surface area contributed by atoms with Crippen molar-refractivity contribution in [2.45, 2.75) is 13.8 Å². The molecule has 7 nitrogen and oxygen atoms in total. The molecule has 0 spiro atoms. The summed E-state index contributed by atoms with van der Waals surface area (Å²) in [5.41, 5.74) is 6.95. The molecule has 0 saturated carbocycles. The highest BCUT2D eigenvalue weighted by Gasteiger charge is 2.13. The van der Waals surface area contributed by atoms with Crippen molar-refractivity contribution in [1.82, 2.24) is 19.5 Å². The predicted octanol–water partition coefficient (Wildman–Crippen LogP) is 5.74. The normalized spacial score (nSPS) is 11.1. The monoisotopic (exact) mass is 441 g/mol. The number of aromatic nitrogens is 4. The van der Waals surface area contributed by atoms with E-state index in [9.17, 15) is 0 Å². The Morgan fingerprint density at radius 2 is 1.71 bits per heavy atom. The molecule has 0 atom stereocenters. The van der Waals surface area contributed by atoms with Gasteiger partial charge in [0, 0.05) is 11.8 Å². The lowest BCUT2D eigenvalue weighted by molar-refractivity contribution is 1.03. The number of rotatable bonds is 4. The first-order valence-electron chi connectivity index (χ1n) is 10.6. The number of hydrogen-bond donors (Lipinski definition) is 1. The summed E-state index contributed by atoms with van der Waals surface area (Å²) in [6, 6.07) is 19.8. The molecule has 5 rings (SSSR count). The number of fused-ring (bicyclic) bond motifs is 2. The minimum absolute atomic E-state index is 0.464. The Balaban J connectivity index is 1.52. The van der Waals surface area contributed by atoms with Crippen molar-refractivity contribution in [1.29, 1.82) is 10.5 Å². The first kappa shape index (κ1) is 20.9. The average Bonchev–Trinajstić information content (AvgIpc) is 3.25. The second kappa shape index (κ2) is 8.50. The van der Waals surface area contributed by atoms with E-state index in [4.69, 9.17) is 15.5 Å². The van der Waals surface area contributed by atoms with Gasteiger partial charge in [0.1, 0.15) is 11.8 Å². The van der Waals surface area contributed by atoms with Crippen molar-refractivity contribution in [3.63, 3.8) is 0 Å². The maximum Gasteiger partial charge on any atom is 0.229 e. The first-order valence-corrected chi connectivity index (χ1v) is 10.6. The minimum Gasteiger partial charge on any atom is -0.324 e. The molecule has 2 aromatic heterocycles. The third-order valence-corrected chi connectivity index (χ3v) is 5.62. The Morgan fingerprint density at radius 3 is 2.47 bits per heavy atom. The molecule has 0 aliphatic carbocycles. The summed E-state index contributed by atoms with van der Waals surface area (Å²) in [4.78, 5) is 13.7. The highest BCUT2D eigenvalue weighted by molar-refractivity contribution is 5.87. The molecule has 3 aromatic carbocycles. The molecule has 0 unspecified atom stereocenters. The van der Waals surface area contributed by atoms with Gasteiger partial charge in [-0.1, -0.05) is 12.1 Å². The molecule has 0 amide bonds. The number of anilines is 2. The number of nitrogens with one attached hydrogen (secondary N) is 1. The molecule has 34 heavy (non-hydrogen) atoms. The van der Waals surface area contributed by atoms with E-state index in [1.807, 2.05) is 66.9 Å². The highest BCUT2D eigenvalue weighted by Crippen LogP contribution is 2.27. The van der Waals surface area contributed by atoms with Crippen LogP contribution in [0, 0.1) is 36.5 Å². The molecule has 0 aliphatic rings. The molecule has 7 heteroatoms. The second-order valence-electron chi connectivity index (χ2n) is 8.00. The lowest BCUT2D eigenvalue weighted by Crippen LogP contribution is -2.03. The molecule has 0 radical (unpaired) electrons. The van der Waals surface area contributed by atoms with Crippen molar-refractivity contribution in [2.75, 3.05) is 5.32 Å². The van der Waals surface area contributed by atoms with Crippen molar-refractivity contribution in [2.24, 2.45) is 0 Å². The number of allylic oxidation sites excluding steroid dienone is 1. The van der Waals surface area contributed by atoms with Crippen LogP contribution in [0.3, 0.4) is 0 Å². The van der Waals surface area contributed by atoms with Crippen molar-refractivity contribution in [3.05, 3.63) is 89.4 Å². The molecule has 0 fully saturated rings. The lowest BCUT2D eigenvalue weighted by atomic mass is 10.0. The summed E-state index contributed by atoms with van der Waals surface area (Å²) >= 11 is 0. The molecule has 1 N–H and O–H groups in total. The molecule has 0 bridgehead atoms. The Bertz CT molecular complexity index is 1660. The molecule has 0 aliphatic heterocycles. The van der Waals surface area contributed by atoms with Crippen molar-refractivity contribution < 1.29 is 0 Å². The minimum atomic E-state index is 0.464. The van der Waals surface area contributed by atoms with E-state index in [0.29, 0.717) is 22.7 Å².